The van der Waals surface area contributed by atoms with Crippen LogP contribution < -0.4 is 19.5 Å². The number of thiazole rings is 1. The van der Waals surface area contributed by atoms with E-state index in [9.17, 15) is 4.79 Å². The highest BCUT2D eigenvalue weighted by Gasteiger charge is 2.11. The average molecular weight is 439 g/mol. The Balaban J connectivity index is 1.66. The number of carbonyl (C=O) groups excluding carboxylic acids is 1. The number of ether oxygens (including phenoxy) is 3. The van der Waals surface area contributed by atoms with Crippen LogP contribution in [0.4, 0.5) is 5.13 Å². The van der Waals surface area contributed by atoms with E-state index in [4.69, 9.17) is 14.2 Å². The van der Waals surface area contributed by atoms with Gasteiger partial charge in [-0.2, -0.15) is 0 Å². The first kappa shape index (κ1) is 22.4. The molecule has 0 spiro atoms. The van der Waals surface area contributed by atoms with Gasteiger partial charge in [0.05, 0.1) is 26.0 Å². The number of amides is 1. The molecule has 0 unspecified atom stereocenters. The van der Waals surface area contributed by atoms with E-state index in [0.717, 1.165) is 29.0 Å². The zero-order valence-electron chi connectivity index (χ0n) is 17.9. The highest BCUT2D eigenvalue weighted by atomic mass is 32.1. The molecular weight excluding hydrogens is 412 g/mol. The second-order valence-corrected chi connectivity index (χ2v) is 7.41. The highest BCUT2D eigenvalue weighted by molar-refractivity contribution is 7.14. The Hall–Kier alpha value is -3.32. The molecule has 0 atom stereocenters. The van der Waals surface area contributed by atoms with Crippen molar-refractivity contribution in [3.8, 4) is 28.5 Å². The number of para-hydroxylation sites is 1. The SMILES string of the molecule is CCCOc1ccc(/C=C/C(=O)Nc2nc(-c3ccccc3OCC)cs2)cc1OC. The van der Waals surface area contributed by atoms with Gasteiger partial charge >= 0.3 is 0 Å². The summed E-state index contributed by atoms with van der Waals surface area (Å²) in [4.78, 5) is 16.9. The standard InChI is InChI=1S/C24H26N2O4S/c1-4-14-30-21-12-10-17(15-22(21)28-3)11-13-23(27)26-24-25-19(16-31-24)18-8-6-7-9-20(18)29-5-2/h6-13,15-16H,4-5,14H2,1-3H3,(H,25,26,27)/b13-11+. The third kappa shape index (κ3) is 6.08. The van der Waals surface area contributed by atoms with Crippen LogP contribution in [0.5, 0.6) is 17.2 Å². The number of rotatable bonds is 10. The molecule has 3 rings (SSSR count). The molecule has 0 saturated carbocycles. The topological polar surface area (TPSA) is 69.7 Å². The predicted molar refractivity (Wildman–Crippen MR) is 125 cm³/mol. The maximum absolute atomic E-state index is 12.4. The quantitative estimate of drug-likeness (QED) is 0.414. The lowest BCUT2D eigenvalue weighted by atomic mass is 10.1. The summed E-state index contributed by atoms with van der Waals surface area (Å²) in [5, 5.41) is 5.23. The van der Waals surface area contributed by atoms with E-state index in [1.807, 2.05) is 61.7 Å². The average Bonchev–Trinajstić information content (AvgIpc) is 3.25. The minimum Gasteiger partial charge on any atom is -0.493 e. The molecule has 7 heteroatoms. The van der Waals surface area contributed by atoms with Gasteiger partial charge in [-0.3, -0.25) is 10.1 Å². The number of nitrogens with one attached hydrogen (secondary N) is 1. The van der Waals surface area contributed by atoms with Crippen molar-refractivity contribution in [2.45, 2.75) is 20.3 Å². The van der Waals surface area contributed by atoms with E-state index in [2.05, 4.69) is 10.3 Å². The molecular formula is C24H26N2O4S. The molecule has 0 aliphatic rings. The number of benzene rings is 2. The molecule has 1 amide bonds. The van der Waals surface area contributed by atoms with Crippen LogP contribution in [0.25, 0.3) is 17.3 Å². The molecule has 0 radical (unpaired) electrons. The molecule has 3 aromatic rings. The lowest BCUT2D eigenvalue weighted by Crippen LogP contribution is -2.07. The van der Waals surface area contributed by atoms with E-state index in [1.165, 1.54) is 17.4 Å². The van der Waals surface area contributed by atoms with E-state index in [-0.39, 0.29) is 5.91 Å². The number of anilines is 1. The Bertz CT molecular complexity index is 1050. The minimum atomic E-state index is -0.260. The van der Waals surface area contributed by atoms with Gasteiger partial charge in [-0.25, -0.2) is 4.98 Å². The van der Waals surface area contributed by atoms with Crippen molar-refractivity contribution in [1.82, 2.24) is 4.98 Å². The number of nitrogens with zero attached hydrogens (tertiary/aromatic N) is 1. The van der Waals surface area contributed by atoms with Crippen molar-refractivity contribution < 1.29 is 19.0 Å². The summed E-state index contributed by atoms with van der Waals surface area (Å²) in [5.41, 5.74) is 2.50. The lowest BCUT2D eigenvalue weighted by molar-refractivity contribution is -0.111. The van der Waals surface area contributed by atoms with Gasteiger partial charge in [0, 0.05) is 17.0 Å². The highest BCUT2D eigenvalue weighted by Crippen LogP contribution is 2.32. The third-order valence-electron chi connectivity index (χ3n) is 4.27. The zero-order chi connectivity index (χ0) is 22.1. The summed E-state index contributed by atoms with van der Waals surface area (Å²) in [6.07, 6.45) is 4.11. The van der Waals surface area contributed by atoms with Gasteiger partial charge in [0.15, 0.2) is 16.6 Å². The predicted octanol–water partition coefficient (Wildman–Crippen LogP) is 5.66. The smallest absolute Gasteiger partial charge is 0.250 e. The fraction of sp³-hybridized carbons (Fsp3) is 0.250. The monoisotopic (exact) mass is 438 g/mol. The molecule has 0 fully saturated rings. The molecule has 2 aromatic carbocycles. The van der Waals surface area contributed by atoms with Crippen LogP contribution in [-0.2, 0) is 4.79 Å². The fourth-order valence-electron chi connectivity index (χ4n) is 2.85. The Labute approximate surface area is 186 Å². The van der Waals surface area contributed by atoms with Gasteiger partial charge in [-0.1, -0.05) is 25.1 Å². The van der Waals surface area contributed by atoms with Gasteiger partial charge in [0.2, 0.25) is 5.91 Å². The normalized spacial score (nSPS) is 10.8. The summed E-state index contributed by atoms with van der Waals surface area (Å²) in [6.45, 7) is 5.19. The molecule has 1 aromatic heterocycles. The first-order valence-corrected chi connectivity index (χ1v) is 11.0. The first-order valence-electron chi connectivity index (χ1n) is 10.1. The van der Waals surface area contributed by atoms with Crippen LogP contribution in [0, 0.1) is 0 Å². The molecule has 6 nitrogen and oxygen atoms in total. The molecule has 162 valence electrons. The van der Waals surface area contributed by atoms with Crippen molar-refractivity contribution >= 4 is 28.5 Å². The van der Waals surface area contributed by atoms with E-state index in [1.54, 1.807) is 13.2 Å². The molecule has 31 heavy (non-hydrogen) atoms. The summed E-state index contributed by atoms with van der Waals surface area (Å²) in [5.74, 6) is 1.83. The number of methoxy groups -OCH3 is 1. The molecule has 0 aliphatic heterocycles. The molecule has 0 aliphatic carbocycles. The molecule has 1 N–H and O–H groups in total. The van der Waals surface area contributed by atoms with Crippen LogP contribution in [0.15, 0.2) is 53.9 Å². The lowest BCUT2D eigenvalue weighted by Gasteiger charge is -2.10. The van der Waals surface area contributed by atoms with Gasteiger partial charge in [-0.05, 0) is 49.2 Å². The maximum Gasteiger partial charge on any atom is 0.250 e. The Morgan fingerprint density at radius 2 is 1.94 bits per heavy atom. The first-order chi connectivity index (χ1) is 15.1. The number of hydrogen-bond donors (Lipinski definition) is 1. The van der Waals surface area contributed by atoms with E-state index >= 15 is 0 Å². The second kappa shape index (κ2) is 11.2. The van der Waals surface area contributed by atoms with E-state index < -0.39 is 0 Å². The zero-order valence-corrected chi connectivity index (χ0v) is 18.7. The Morgan fingerprint density at radius 3 is 2.71 bits per heavy atom. The maximum atomic E-state index is 12.4. The summed E-state index contributed by atoms with van der Waals surface area (Å²) < 4.78 is 16.7. The van der Waals surface area contributed by atoms with Crippen molar-refractivity contribution in [1.29, 1.82) is 0 Å². The van der Waals surface area contributed by atoms with Crippen LogP contribution in [0.2, 0.25) is 0 Å². The van der Waals surface area contributed by atoms with Gasteiger partial charge in [0.1, 0.15) is 5.75 Å². The molecule has 0 bridgehead atoms. The minimum absolute atomic E-state index is 0.260. The fourth-order valence-corrected chi connectivity index (χ4v) is 3.57. The second-order valence-electron chi connectivity index (χ2n) is 6.55. The van der Waals surface area contributed by atoms with Gasteiger partial charge in [-0.15, -0.1) is 11.3 Å². The van der Waals surface area contributed by atoms with E-state index in [0.29, 0.717) is 29.8 Å². The summed E-state index contributed by atoms with van der Waals surface area (Å²) in [7, 11) is 1.60. The Kier molecular flexibility index (Phi) is 8.06. The third-order valence-corrected chi connectivity index (χ3v) is 5.03. The van der Waals surface area contributed by atoms with Gasteiger partial charge < -0.3 is 14.2 Å². The summed E-state index contributed by atoms with van der Waals surface area (Å²) >= 11 is 1.37. The van der Waals surface area contributed by atoms with Crippen molar-refractivity contribution in [2.75, 3.05) is 25.6 Å². The largest absolute Gasteiger partial charge is 0.493 e. The van der Waals surface area contributed by atoms with Crippen LogP contribution >= 0.6 is 11.3 Å². The Morgan fingerprint density at radius 1 is 1.10 bits per heavy atom. The number of aromatic nitrogens is 1. The molecule has 1 heterocycles. The van der Waals surface area contributed by atoms with Crippen LogP contribution in [0.3, 0.4) is 0 Å². The van der Waals surface area contributed by atoms with Gasteiger partial charge in [0.25, 0.3) is 0 Å². The van der Waals surface area contributed by atoms with Crippen LogP contribution in [-0.4, -0.2) is 31.2 Å². The van der Waals surface area contributed by atoms with Crippen molar-refractivity contribution in [3.63, 3.8) is 0 Å². The molecule has 0 saturated heterocycles. The van der Waals surface area contributed by atoms with Crippen molar-refractivity contribution in [3.05, 3.63) is 59.5 Å². The number of carbonyl (C=O) groups is 1. The number of hydrogen-bond acceptors (Lipinski definition) is 6. The summed E-state index contributed by atoms with van der Waals surface area (Å²) in [6, 6.07) is 13.3. The van der Waals surface area contributed by atoms with Crippen LogP contribution in [0.1, 0.15) is 25.8 Å². The van der Waals surface area contributed by atoms with Crippen molar-refractivity contribution in [2.24, 2.45) is 0 Å².